The fourth-order valence-electron chi connectivity index (χ4n) is 4.38. The fraction of sp³-hybridized carbons (Fsp3) is 0.440. The maximum absolute atomic E-state index is 13.5. The van der Waals surface area contributed by atoms with Crippen LogP contribution in [0.25, 0.3) is 0 Å². The van der Waals surface area contributed by atoms with E-state index in [4.69, 9.17) is 0 Å². The van der Waals surface area contributed by atoms with Gasteiger partial charge in [-0.15, -0.1) is 11.8 Å². The Morgan fingerprint density at radius 1 is 1.10 bits per heavy atom. The molecule has 2 unspecified atom stereocenters. The monoisotopic (exact) mass is 440 g/mol. The van der Waals surface area contributed by atoms with Gasteiger partial charge >= 0.3 is 0 Å². The lowest BCUT2D eigenvalue weighted by molar-refractivity contribution is -0.129. The molecule has 0 radical (unpaired) electrons. The summed E-state index contributed by atoms with van der Waals surface area (Å²) in [5.41, 5.74) is 1.69. The highest BCUT2D eigenvalue weighted by Crippen LogP contribution is 2.42. The van der Waals surface area contributed by atoms with Crippen molar-refractivity contribution in [2.24, 2.45) is 5.92 Å². The summed E-state index contributed by atoms with van der Waals surface area (Å²) in [6, 6.07) is 14.2. The molecule has 2 amide bonds. The second-order valence-electron chi connectivity index (χ2n) is 8.54. The third-order valence-electron chi connectivity index (χ3n) is 6.24. The summed E-state index contributed by atoms with van der Waals surface area (Å²) in [7, 11) is 0. The molecule has 1 N–H and O–H groups in total. The first-order valence-corrected chi connectivity index (χ1v) is 12.0. The van der Waals surface area contributed by atoms with Gasteiger partial charge in [0.1, 0.15) is 11.1 Å². The van der Waals surface area contributed by atoms with Crippen molar-refractivity contribution in [3.05, 3.63) is 59.9 Å². The number of fused-ring (bicyclic) bond motifs is 1. The van der Waals surface area contributed by atoms with Crippen molar-refractivity contribution in [3.63, 3.8) is 0 Å². The number of carbonyl (C=O) groups excluding carboxylic acids is 2. The number of thioether (sulfide) groups is 1. The van der Waals surface area contributed by atoms with Crippen LogP contribution in [0.4, 0.5) is 10.1 Å². The Hall–Kier alpha value is -2.34. The van der Waals surface area contributed by atoms with Gasteiger partial charge in [0.2, 0.25) is 11.8 Å². The van der Waals surface area contributed by atoms with Crippen LogP contribution in [0.5, 0.6) is 0 Å². The number of nitrogens with one attached hydrogen (secondary N) is 1. The highest BCUT2D eigenvalue weighted by atomic mass is 32.2. The van der Waals surface area contributed by atoms with Crippen molar-refractivity contribution in [1.82, 2.24) is 5.32 Å². The van der Waals surface area contributed by atoms with Crippen molar-refractivity contribution in [2.45, 2.75) is 68.2 Å². The molecule has 31 heavy (non-hydrogen) atoms. The molecular formula is C25H29FN2O2S. The zero-order chi connectivity index (χ0) is 21.8. The summed E-state index contributed by atoms with van der Waals surface area (Å²) < 4.78 is 13.3. The third-order valence-corrected chi connectivity index (χ3v) is 7.71. The van der Waals surface area contributed by atoms with Gasteiger partial charge < -0.3 is 10.2 Å². The average Bonchev–Trinajstić information content (AvgIpc) is 3.05. The quantitative estimate of drug-likeness (QED) is 0.641. The summed E-state index contributed by atoms with van der Waals surface area (Å²) in [5, 5.41) is 2.72. The Balaban J connectivity index is 1.53. The number of benzene rings is 2. The molecule has 6 heteroatoms. The Morgan fingerprint density at radius 3 is 2.48 bits per heavy atom. The van der Waals surface area contributed by atoms with Gasteiger partial charge in [-0.1, -0.05) is 56.9 Å². The highest BCUT2D eigenvalue weighted by Gasteiger charge is 2.39. The highest BCUT2D eigenvalue weighted by molar-refractivity contribution is 8.01. The van der Waals surface area contributed by atoms with E-state index < -0.39 is 11.2 Å². The summed E-state index contributed by atoms with van der Waals surface area (Å²) >= 11 is 1.47. The molecule has 2 aliphatic rings. The number of carbonyl (C=O) groups is 2. The molecule has 4 rings (SSSR count). The van der Waals surface area contributed by atoms with E-state index in [9.17, 15) is 14.0 Å². The van der Waals surface area contributed by atoms with E-state index in [1.54, 1.807) is 17.0 Å². The average molecular weight is 441 g/mol. The number of para-hydroxylation sites is 1. The molecule has 0 aromatic heterocycles. The Kier molecular flexibility index (Phi) is 6.96. The largest absolute Gasteiger partial charge is 0.353 e. The van der Waals surface area contributed by atoms with E-state index in [0.717, 1.165) is 41.8 Å². The predicted octanol–water partition coefficient (Wildman–Crippen LogP) is 5.31. The molecule has 2 atom stereocenters. The molecule has 2 aromatic carbocycles. The van der Waals surface area contributed by atoms with Crippen LogP contribution >= 0.6 is 11.8 Å². The summed E-state index contributed by atoms with van der Waals surface area (Å²) in [6.07, 6.45) is 6.79. The number of rotatable bonds is 5. The molecule has 4 nitrogen and oxygen atoms in total. The van der Waals surface area contributed by atoms with Gasteiger partial charge in [0.05, 0.1) is 18.2 Å². The normalized spacial score (nSPS) is 20.6. The number of halogens is 1. The Morgan fingerprint density at radius 2 is 1.77 bits per heavy atom. The molecule has 1 fully saturated rings. The van der Waals surface area contributed by atoms with Crippen LogP contribution in [0, 0.1) is 11.7 Å². The minimum Gasteiger partial charge on any atom is -0.353 e. The zero-order valence-electron chi connectivity index (χ0n) is 17.9. The van der Waals surface area contributed by atoms with Crippen LogP contribution in [-0.4, -0.2) is 23.1 Å². The second kappa shape index (κ2) is 9.86. The molecule has 1 saturated carbocycles. The number of anilines is 1. The van der Waals surface area contributed by atoms with Gasteiger partial charge in [0, 0.05) is 10.9 Å². The lowest BCUT2D eigenvalue weighted by atomic mass is 10.0. The van der Waals surface area contributed by atoms with Crippen LogP contribution in [-0.2, 0) is 16.1 Å². The molecule has 1 heterocycles. The second-order valence-corrected chi connectivity index (χ2v) is 9.73. The van der Waals surface area contributed by atoms with Crippen molar-refractivity contribution in [2.75, 3.05) is 4.90 Å². The minimum atomic E-state index is -0.485. The van der Waals surface area contributed by atoms with Crippen LogP contribution in [0.1, 0.15) is 51.0 Å². The first kappa shape index (κ1) is 21.9. The summed E-state index contributed by atoms with van der Waals surface area (Å²) in [4.78, 5) is 29.3. The molecular weight excluding hydrogens is 411 g/mol. The molecule has 2 aromatic rings. The smallest absolute Gasteiger partial charge is 0.241 e. The van der Waals surface area contributed by atoms with E-state index >= 15 is 0 Å². The van der Waals surface area contributed by atoms with Gasteiger partial charge in [0.25, 0.3) is 0 Å². The number of nitrogens with zero attached hydrogens (tertiary/aromatic N) is 1. The molecule has 164 valence electrons. The molecule has 1 aliphatic carbocycles. The zero-order valence-corrected chi connectivity index (χ0v) is 18.7. The Labute approximate surface area is 187 Å². The van der Waals surface area contributed by atoms with Gasteiger partial charge in [0.15, 0.2) is 0 Å². The SMILES string of the molecule is CC(C(=O)NC1CCCCCC1)C1Sc2ccccc2N(Cc2ccc(F)cc2)C1=O. The lowest BCUT2D eigenvalue weighted by Crippen LogP contribution is -2.48. The predicted molar refractivity (Wildman–Crippen MR) is 122 cm³/mol. The van der Waals surface area contributed by atoms with E-state index in [1.807, 2.05) is 31.2 Å². The van der Waals surface area contributed by atoms with Gasteiger partial charge in [-0.3, -0.25) is 9.59 Å². The van der Waals surface area contributed by atoms with E-state index in [2.05, 4.69) is 5.32 Å². The molecule has 0 spiro atoms. The van der Waals surface area contributed by atoms with Crippen molar-refractivity contribution < 1.29 is 14.0 Å². The minimum absolute atomic E-state index is 0.0427. The van der Waals surface area contributed by atoms with Crippen LogP contribution in [0.3, 0.4) is 0 Å². The number of amides is 2. The fourth-order valence-corrected chi connectivity index (χ4v) is 5.67. The van der Waals surface area contributed by atoms with Gasteiger partial charge in [-0.05, 0) is 42.7 Å². The standard InChI is InChI=1S/C25H29FN2O2S/c1-17(24(29)27-20-8-4-2-3-5-9-20)23-25(30)28(16-18-12-14-19(26)15-13-18)21-10-6-7-11-22(21)31-23/h6-7,10-15,17,20,23H,2-5,8-9,16H2,1H3,(H,27,29). The van der Waals surface area contributed by atoms with Crippen LogP contribution < -0.4 is 10.2 Å². The maximum atomic E-state index is 13.5. The first-order chi connectivity index (χ1) is 15.0. The summed E-state index contributed by atoms with van der Waals surface area (Å²) in [6.45, 7) is 2.20. The Bertz CT molecular complexity index is 925. The molecule has 1 aliphatic heterocycles. The lowest BCUT2D eigenvalue weighted by Gasteiger charge is -2.36. The van der Waals surface area contributed by atoms with Crippen molar-refractivity contribution in [3.8, 4) is 0 Å². The molecule has 0 saturated heterocycles. The van der Waals surface area contributed by atoms with Gasteiger partial charge in [-0.2, -0.15) is 0 Å². The van der Waals surface area contributed by atoms with Crippen molar-refractivity contribution in [1.29, 1.82) is 0 Å². The van der Waals surface area contributed by atoms with Crippen LogP contribution in [0.15, 0.2) is 53.4 Å². The van der Waals surface area contributed by atoms with Gasteiger partial charge in [-0.25, -0.2) is 4.39 Å². The first-order valence-electron chi connectivity index (χ1n) is 11.1. The third kappa shape index (κ3) is 5.12. The van der Waals surface area contributed by atoms with E-state index in [1.165, 1.54) is 36.7 Å². The van der Waals surface area contributed by atoms with E-state index in [0.29, 0.717) is 6.54 Å². The number of hydrogen-bond acceptors (Lipinski definition) is 3. The van der Waals surface area contributed by atoms with Crippen LogP contribution in [0.2, 0.25) is 0 Å². The summed E-state index contributed by atoms with van der Waals surface area (Å²) in [5.74, 6) is -0.855. The number of hydrogen-bond donors (Lipinski definition) is 1. The molecule has 0 bridgehead atoms. The van der Waals surface area contributed by atoms with E-state index in [-0.39, 0.29) is 23.7 Å². The van der Waals surface area contributed by atoms with Crippen molar-refractivity contribution >= 4 is 29.3 Å². The topological polar surface area (TPSA) is 49.4 Å². The maximum Gasteiger partial charge on any atom is 0.241 e.